The quantitative estimate of drug-likeness (QED) is 0.639. The maximum atomic E-state index is 12.3. The number of hydrogen-bond acceptors (Lipinski definition) is 4. The standard InChI is InChI=1S/C14H27N3O3S/c1-5-7-15-10-13-8-14(11-17(13)6-2)21(18,19)16-9-12(3)20-4/h8,11-12,15-16H,5-7,9-10H2,1-4H3. The molecular formula is C14H27N3O3S. The number of hydrogen-bond donors (Lipinski definition) is 2. The third kappa shape index (κ3) is 5.43. The molecule has 1 aromatic heterocycles. The van der Waals surface area contributed by atoms with E-state index in [0.29, 0.717) is 11.4 Å². The van der Waals surface area contributed by atoms with Crippen molar-refractivity contribution in [3.63, 3.8) is 0 Å². The van der Waals surface area contributed by atoms with Crippen LogP contribution in [0.1, 0.15) is 32.9 Å². The number of nitrogens with zero attached hydrogens (tertiary/aromatic N) is 1. The monoisotopic (exact) mass is 317 g/mol. The molecule has 0 aliphatic heterocycles. The number of nitrogens with one attached hydrogen (secondary N) is 2. The summed E-state index contributed by atoms with van der Waals surface area (Å²) in [6.45, 7) is 8.52. The molecular weight excluding hydrogens is 290 g/mol. The van der Waals surface area contributed by atoms with Gasteiger partial charge >= 0.3 is 0 Å². The van der Waals surface area contributed by atoms with Crippen LogP contribution in [0.3, 0.4) is 0 Å². The Labute approximate surface area is 127 Å². The van der Waals surface area contributed by atoms with E-state index in [-0.39, 0.29) is 12.6 Å². The van der Waals surface area contributed by atoms with Crippen LogP contribution in [0.2, 0.25) is 0 Å². The van der Waals surface area contributed by atoms with Crippen molar-refractivity contribution in [3.05, 3.63) is 18.0 Å². The smallest absolute Gasteiger partial charge is 0.242 e. The molecule has 7 heteroatoms. The van der Waals surface area contributed by atoms with Crippen molar-refractivity contribution in [2.45, 2.75) is 51.3 Å². The zero-order chi connectivity index (χ0) is 15.9. The molecule has 1 aromatic rings. The molecule has 1 heterocycles. The van der Waals surface area contributed by atoms with E-state index in [4.69, 9.17) is 4.74 Å². The van der Waals surface area contributed by atoms with Gasteiger partial charge in [-0.25, -0.2) is 13.1 Å². The molecule has 0 aliphatic carbocycles. The summed E-state index contributed by atoms with van der Waals surface area (Å²) in [5.41, 5.74) is 0.978. The van der Waals surface area contributed by atoms with Gasteiger partial charge in [0.15, 0.2) is 0 Å². The van der Waals surface area contributed by atoms with Crippen molar-refractivity contribution in [1.82, 2.24) is 14.6 Å². The SMILES string of the molecule is CCCNCc1cc(S(=O)(=O)NCC(C)OC)cn1CC. The summed E-state index contributed by atoms with van der Waals surface area (Å²) in [4.78, 5) is 0.306. The predicted molar refractivity (Wildman–Crippen MR) is 83.8 cm³/mol. The molecule has 1 rings (SSSR count). The van der Waals surface area contributed by atoms with E-state index in [9.17, 15) is 8.42 Å². The largest absolute Gasteiger partial charge is 0.380 e. The third-order valence-electron chi connectivity index (χ3n) is 3.31. The zero-order valence-electron chi connectivity index (χ0n) is 13.3. The molecule has 122 valence electrons. The molecule has 0 amide bonds. The van der Waals surface area contributed by atoms with Crippen LogP contribution < -0.4 is 10.0 Å². The van der Waals surface area contributed by atoms with Crippen LogP contribution in [0.15, 0.2) is 17.2 Å². The van der Waals surface area contributed by atoms with Crippen molar-refractivity contribution in [1.29, 1.82) is 0 Å². The number of ether oxygens (including phenoxy) is 1. The van der Waals surface area contributed by atoms with Crippen LogP contribution in [0.5, 0.6) is 0 Å². The Morgan fingerprint density at radius 3 is 2.67 bits per heavy atom. The first-order chi connectivity index (χ1) is 9.94. The molecule has 0 aliphatic rings. The van der Waals surface area contributed by atoms with Crippen molar-refractivity contribution < 1.29 is 13.2 Å². The number of methoxy groups -OCH3 is 1. The molecule has 0 saturated carbocycles. The lowest BCUT2D eigenvalue weighted by atomic mass is 10.4. The number of aryl methyl sites for hydroxylation is 1. The van der Waals surface area contributed by atoms with Gasteiger partial charge in [0.05, 0.1) is 11.0 Å². The van der Waals surface area contributed by atoms with E-state index in [1.807, 2.05) is 18.4 Å². The number of sulfonamides is 1. The average molecular weight is 317 g/mol. The highest BCUT2D eigenvalue weighted by Crippen LogP contribution is 2.14. The number of rotatable bonds is 10. The van der Waals surface area contributed by atoms with Crippen molar-refractivity contribution in [3.8, 4) is 0 Å². The molecule has 1 unspecified atom stereocenters. The second-order valence-corrected chi connectivity index (χ2v) is 6.80. The second kappa shape index (κ2) is 8.53. The average Bonchev–Trinajstić information content (AvgIpc) is 2.89. The van der Waals surface area contributed by atoms with Crippen LogP contribution in [-0.2, 0) is 27.8 Å². The highest BCUT2D eigenvalue weighted by Gasteiger charge is 2.18. The van der Waals surface area contributed by atoms with E-state index in [1.165, 1.54) is 0 Å². The Morgan fingerprint density at radius 2 is 2.10 bits per heavy atom. The summed E-state index contributed by atoms with van der Waals surface area (Å²) in [5, 5.41) is 3.29. The van der Waals surface area contributed by atoms with Gasteiger partial charge in [-0.15, -0.1) is 0 Å². The van der Waals surface area contributed by atoms with Gasteiger partial charge in [0.2, 0.25) is 10.0 Å². The minimum atomic E-state index is -3.49. The predicted octanol–water partition coefficient (Wildman–Crippen LogP) is 1.32. The molecule has 21 heavy (non-hydrogen) atoms. The van der Waals surface area contributed by atoms with E-state index in [2.05, 4.69) is 17.0 Å². The molecule has 1 atom stereocenters. The summed E-state index contributed by atoms with van der Waals surface area (Å²) in [6.07, 6.45) is 2.58. The van der Waals surface area contributed by atoms with E-state index in [1.54, 1.807) is 19.4 Å². The molecule has 2 N–H and O–H groups in total. The molecule has 0 radical (unpaired) electrons. The maximum Gasteiger partial charge on any atom is 0.242 e. The molecule has 0 spiro atoms. The Kier molecular flexibility index (Phi) is 7.37. The van der Waals surface area contributed by atoms with Crippen LogP contribution >= 0.6 is 0 Å². The summed E-state index contributed by atoms with van der Waals surface area (Å²) < 4.78 is 34.1. The minimum Gasteiger partial charge on any atom is -0.380 e. The van der Waals surface area contributed by atoms with Crippen molar-refractivity contribution in [2.24, 2.45) is 0 Å². The van der Waals surface area contributed by atoms with Crippen molar-refractivity contribution >= 4 is 10.0 Å². The van der Waals surface area contributed by atoms with E-state index >= 15 is 0 Å². The van der Waals surface area contributed by atoms with E-state index < -0.39 is 10.0 Å². The minimum absolute atomic E-state index is 0.154. The number of aromatic nitrogens is 1. The van der Waals surface area contributed by atoms with Crippen molar-refractivity contribution in [2.75, 3.05) is 20.2 Å². The summed E-state index contributed by atoms with van der Waals surface area (Å²) in [6, 6.07) is 1.73. The van der Waals surface area contributed by atoms with Gasteiger partial charge in [0, 0.05) is 38.6 Å². The molecule has 0 aromatic carbocycles. The summed E-state index contributed by atoms with van der Waals surface area (Å²) >= 11 is 0. The van der Waals surface area contributed by atoms with E-state index in [0.717, 1.165) is 25.2 Å². The molecule has 6 nitrogen and oxygen atoms in total. The Bertz CT molecular complexity index is 526. The van der Waals surface area contributed by atoms with Crippen LogP contribution in [0.25, 0.3) is 0 Å². The second-order valence-electron chi connectivity index (χ2n) is 5.03. The maximum absolute atomic E-state index is 12.3. The highest BCUT2D eigenvalue weighted by molar-refractivity contribution is 7.89. The normalized spacial score (nSPS) is 13.5. The van der Waals surface area contributed by atoms with Crippen LogP contribution in [0.4, 0.5) is 0 Å². The van der Waals surface area contributed by atoms with Gasteiger partial charge in [-0.3, -0.25) is 0 Å². The Balaban J connectivity index is 2.82. The fraction of sp³-hybridized carbons (Fsp3) is 0.714. The fourth-order valence-corrected chi connectivity index (χ4v) is 3.08. The molecule has 0 fully saturated rings. The zero-order valence-corrected chi connectivity index (χ0v) is 14.2. The topological polar surface area (TPSA) is 72.4 Å². The Hall–Kier alpha value is -0.890. The summed E-state index contributed by atoms with van der Waals surface area (Å²) in [5.74, 6) is 0. The first-order valence-electron chi connectivity index (χ1n) is 7.36. The first kappa shape index (κ1) is 18.2. The third-order valence-corrected chi connectivity index (χ3v) is 4.70. The Morgan fingerprint density at radius 1 is 1.38 bits per heavy atom. The van der Waals surface area contributed by atoms with Gasteiger partial charge < -0.3 is 14.6 Å². The van der Waals surface area contributed by atoms with Crippen LogP contribution in [0, 0.1) is 0 Å². The van der Waals surface area contributed by atoms with Crippen LogP contribution in [-0.4, -0.2) is 39.3 Å². The lowest BCUT2D eigenvalue weighted by Crippen LogP contribution is -2.31. The van der Waals surface area contributed by atoms with Gasteiger partial charge in [0.25, 0.3) is 0 Å². The lowest BCUT2D eigenvalue weighted by Gasteiger charge is -2.10. The molecule has 0 saturated heterocycles. The first-order valence-corrected chi connectivity index (χ1v) is 8.85. The fourth-order valence-electron chi connectivity index (χ4n) is 1.90. The van der Waals surface area contributed by atoms with Gasteiger partial charge in [0.1, 0.15) is 0 Å². The summed E-state index contributed by atoms with van der Waals surface area (Å²) in [7, 11) is -1.93. The van der Waals surface area contributed by atoms with Gasteiger partial charge in [-0.1, -0.05) is 6.92 Å². The highest BCUT2D eigenvalue weighted by atomic mass is 32.2. The lowest BCUT2D eigenvalue weighted by molar-refractivity contribution is 0.122. The van der Waals surface area contributed by atoms with Gasteiger partial charge in [-0.05, 0) is 32.9 Å². The molecule has 0 bridgehead atoms. The van der Waals surface area contributed by atoms with Gasteiger partial charge in [-0.2, -0.15) is 0 Å².